The molecule has 0 spiro atoms. The van der Waals surface area contributed by atoms with Gasteiger partial charge < -0.3 is 35.5 Å². The normalized spacial score (nSPS) is 31.8. The molecule has 6 rings (SSSR count). The number of benzene rings is 1. The monoisotopic (exact) mass is 565 g/mol. The highest BCUT2D eigenvalue weighted by molar-refractivity contribution is 6.25. The van der Waals surface area contributed by atoms with E-state index >= 15 is 0 Å². The molecular formula is C30H35N3O8. The number of nitrogens with zero attached hydrogens (tertiary/aromatic N) is 2. The lowest BCUT2D eigenvalue weighted by atomic mass is 9.54. The average molecular weight is 566 g/mol. The Labute approximate surface area is 236 Å². The molecule has 6 atom stereocenters. The zero-order valence-electron chi connectivity index (χ0n) is 23.0. The van der Waals surface area contributed by atoms with Crippen LogP contribution in [-0.4, -0.2) is 92.6 Å². The molecule has 2 heterocycles. The summed E-state index contributed by atoms with van der Waals surface area (Å²) in [5.74, 6) is -6.27. The van der Waals surface area contributed by atoms with E-state index in [2.05, 4.69) is 4.90 Å². The van der Waals surface area contributed by atoms with Gasteiger partial charge in [0.2, 0.25) is 11.7 Å². The van der Waals surface area contributed by atoms with Crippen molar-refractivity contribution in [3.8, 4) is 17.1 Å². The molecule has 218 valence electrons. The van der Waals surface area contributed by atoms with Crippen molar-refractivity contribution in [1.82, 2.24) is 9.80 Å². The van der Waals surface area contributed by atoms with Gasteiger partial charge in [-0.05, 0) is 88.6 Å². The van der Waals surface area contributed by atoms with Crippen molar-refractivity contribution in [1.29, 1.82) is 0 Å². The van der Waals surface area contributed by atoms with Crippen LogP contribution in [0.5, 0.6) is 5.75 Å². The van der Waals surface area contributed by atoms with Gasteiger partial charge in [-0.15, -0.1) is 0 Å². The number of aliphatic hydroxyl groups excluding tert-OH is 2. The van der Waals surface area contributed by atoms with Crippen molar-refractivity contribution >= 4 is 23.2 Å². The van der Waals surface area contributed by atoms with Gasteiger partial charge in [0.1, 0.15) is 28.9 Å². The Bertz CT molecular complexity index is 1470. The number of likely N-dealkylation sites (tertiary alicyclic amines) is 1. The predicted octanol–water partition coefficient (Wildman–Crippen LogP) is 0.985. The third kappa shape index (κ3) is 4.05. The van der Waals surface area contributed by atoms with E-state index in [1.165, 1.54) is 6.07 Å². The van der Waals surface area contributed by atoms with Gasteiger partial charge in [0.15, 0.2) is 11.4 Å². The fraction of sp³-hybridized carbons (Fsp3) is 0.500. The van der Waals surface area contributed by atoms with Gasteiger partial charge in [-0.1, -0.05) is 0 Å². The molecule has 2 saturated carbocycles. The molecule has 3 unspecified atom stereocenters. The van der Waals surface area contributed by atoms with Crippen LogP contribution in [0.2, 0.25) is 0 Å². The molecule has 0 radical (unpaired) electrons. The van der Waals surface area contributed by atoms with Crippen molar-refractivity contribution in [2.75, 3.05) is 27.2 Å². The van der Waals surface area contributed by atoms with Crippen LogP contribution >= 0.6 is 0 Å². The van der Waals surface area contributed by atoms with Crippen LogP contribution in [0.15, 0.2) is 34.3 Å². The number of phenols is 1. The topological polar surface area (TPSA) is 178 Å². The van der Waals surface area contributed by atoms with Crippen molar-refractivity contribution in [2.24, 2.45) is 23.5 Å². The minimum Gasteiger partial charge on any atom is -0.507 e. The maximum absolute atomic E-state index is 14.0. The Morgan fingerprint density at radius 3 is 2.51 bits per heavy atom. The Morgan fingerprint density at radius 1 is 1.15 bits per heavy atom. The lowest BCUT2D eigenvalue weighted by molar-refractivity contribution is -0.184. The molecule has 11 nitrogen and oxygen atoms in total. The number of carbonyl (C=O) groups excluding carboxylic acids is 3. The van der Waals surface area contributed by atoms with Gasteiger partial charge in [-0.3, -0.25) is 19.3 Å². The lowest BCUT2D eigenvalue weighted by Gasteiger charge is -2.53. The maximum atomic E-state index is 14.0. The summed E-state index contributed by atoms with van der Waals surface area (Å²) < 4.78 is 6.19. The first-order valence-corrected chi connectivity index (χ1v) is 14.0. The van der Waals surface area contributed by atoms with E-state index in [1.807, 2.05) is 12.1 Å². The number of ketones is 2. The van der Waals surface area contributed by atoms with Crippen LogP contribution in [-0.2, 0) is 27.3 Å². The van der Waals surface area contributed by atoms with Crippen LogP contribution in [0.3, 0.4) is 0 Å². The highest BCUT2D eigenvalue weighted by Crippen LogP contribution is 2.53. The number of hydrogen-bond acceptors (Lipinski definition) is 10. The summed E-state index contributed by atoms with van der Waals surface area (Å²) in [4.78, 5) is 43.5. The van der Waals surface area contributed by atoms with Gasteiger partial charge in [0.25, 0.3) is 0 Å². The number of primary amides is 1. The highest BCUT2D eigenvalue weighted by atomic mass is 16.3. The number of furan rings is 1. The molecule has 1 saturated heterocycles. The summed E-state index contributed by atoms with van der Waals surface area (Å²) in [6.07, 6.45) is 1.06. The standard InChI is InChI=1S/C30H35N3O8/c1-32(2)24-18-12-14-11-17-16(20-8-5-15(41-20)13-33-9-3-4-10-33)6-7-19(34)22(17)25(35)21(14)27(37)30(18,40)28(38)23(26(24)36)29(31)39/h5-8,14,18,23-24,26,34-36,40H,3-4,9-13H2,1-2H3,(H2,31,39)/t14-,18-,23?,24?,26?,30-/m1/s1. The number of phenolic OH excluding ortho intramolecular Hbond substituents is 1. The number of amides is 1. The Balaban J connectivity index is 1.44. The molecule has 3 aliphatic carbocycles. The summed E-state index contributed by atoms with van der Waals surface area (Å²) in [6, 6.07) is 5.94. The van der Waals surface area contributed by atoms with Crippen LogP contribution in [0.25, 0.3) is 17.1 Å². The molecule has 3 fully saturated rings. The number of nitrogens with two attached hydrogens (primary N) is 1. The number of likely N-dealkylation sites (N-methyl/N-ethyl adjacent to an activating group) is 1. The number of rotatable bonds is 5. The van der Waals surface area contributed by atoms with Gasteiger partial charge in [-0.25, -0.2) is 0 Å². The number of Topliss-reactive ketones (excluding diaryl/α,β-unsaturated/α-hetero) is 2. The SMILES string of the molecule is CN(C)C1C(O)C(C(N)=O)C(=O)[C@]2(O)C(=O)C3=C(O)c4c(O)ccc(-c5ccc(CN6CCCC6)o5)c4C[C@@H]3C[C@H]12. The van der Waals surface area contributed by atoms with E-state index in [1.54, 1.807) is 25.1 Å². The largest absolute Gasteiger partial charge is 0.507 e. The fourth-order valence-corrected chi connectivity index (χ4v) is 7.60. The molecule has 41 heavy (non-hydrogen) atoms. The minimum atomic E-state index is -2.68. The fourth-order valence-electron chi connectivity index (χ4n) is 7.60. The van der Waals surface area contributed by atoms with Gasteiger partial charge >= 0.3 is 0 Å². The molecule has 6 N–H and O–H groups in total. The second kappa shape index (κ2) is 9.80. The molecule has 1 aromatic heterocycles. The number of fused-ring (bicyclic) bond motifs is 3. The number of hydrogen-bond donors (Lipinski definition) is 5. The molecule has 0 bridgehead atoms. The Kier molecular flexibility index (Phi) is 6.61. The first kappa shape index (κ1) is 27.6. The molecule has 2 aromatic rings. The Morgan fingerprint density at radius 2 is 1.85 bits per heavy atom. The third-order valence-electron chi connectivity index (χ3n) is 9.48. The summed E-state index contributed by atoms with van der Waals surface area (Å²) in [7, 11) is 3.25. The second-order valence-electron chi connectivity index (χ2n) is 12.0. The summed E-state index contributed by atoms with van der Waals surface area (Å²) in [5, 5.41) is 45.0. The van der Waals surface area contributed by atoms with E-state index in [0.29, 0.717) is 23.4 Å². The summed E-state index contributed by atoms with van der Waals surface area (Å²) >= 11 is 0. The third-order valence-corrected chi connectivity index (χ3v) is 9.48. The molecule has 1 amide bonds. The summed E-state index contributed by atoms with van der Waals surface area (Å²) in [5.41, 5.74) is 3.85. The first-order valence-electron chi connectivity index (χ1n) is 14.0. The number of carbonyl (C=O) groups is 3. The quantitative estimate of drug-likeness (QED) is 0.328. The van der Waals surface area contributed by atoms with Crippen molar-refractivity contribution in [3.05, 3.63) is 46.7 Å². The molecule has 4 aliphatic rings. The minimum absolute atomic E-state index is 0.0422. The lowest BCUT2D eigenvalue weighted by Crippen LogP contribution is -2.73. The van der Waals surface area contributed by atoms with Crippen LogP contribution in [0.1, 0.15) is 36.1 Å². The van der Waals surface area contributed by atoms with E-state index < -0.39 is 58.7 Å². The van der Waals surface area contributed by atoms with Gasteiger partial charge in [0.05, 0.1) is 18.2 Å². The number of aromatic hydroxyl groups is 1. The smallest absolute Gasteiger partial charge is 0.230 e. The maximum Gasteiger partial charge on any atom is 0.230 e. The van der Waals surface area contributed by atoms with Crippen LogP contribution in [0.4, 0.5) is 0 Å². The van der Waals surface area contributed by atoms with Gasteiger partial charge in [-0.2, -0.15) is 0 Å². The van der Waals surface area contributed by atoms with E-state index in [-0.39, 0.29) is 29.7 Å². The van der Waals surface area contributed by atoms with Crippen molar-refractivity contribution in [3.63, 3.8) is 0 Å². The summed E-state index contributed by atoms with van der Waals surface area (Å²) in [6.45, 7) is 2.71. The van der Waals surface area contributed by atoms with E-state index in [4.69, 9.17) is 10.2 Å². The van der Waals surface area contributed by atoms with E-state index in [0.717, 1.165) is 31.7 Å². The molecule has 1 aromatic carbocycles. The zero-order valence-corrected chi connectivity index (χ0v) is 23.0. The van der Waals surface area contributed by atoms with Crippen molar-refractivity contribution < 1.29 is 39.2 Å². The molecule has 11 heteroatoms. The van der Waals surface area contributed by atoms with Crippen molar-refractivity contribution in [2.45, 2.75) is 50.0 Å². The van der Waals surface area contributed by atoms with Gasteiger partial charge in [0, 0.05) is 23.1 Å². The van der Waals surface area contributed by atoms with Crippen LogP contribution in [0, 0.1) is 17.8 Å². The zero-order chi connectivity index (χ0) is 29.4. The number of aliphatic hydroxyl groups is 3. The predicted molar refractivity (Wildman–Crippen MR) is 146 cm³/mol. The van der Waals surface area contributed by atoms with E-state index in [9.17, 15) is 34.8 Å². The Hall–Kier alpha value is -3.51. The first-order chi connectivity index (χ1) is 19.4. The molecular weight excluding hydrogens is 530 g/mol. The molecule has 1 aliphatic heterocycles. The van der Waals surface area contributed by atoms with Crippen LogP contribution < -0.4 is 5.73 Å². The average Bonchev–Trinajstić information content (AvgIpc) is 3.59. The highest BCUT2D eigenvalue weighted by Gasteiger charge is 2.67. The second-order valence-corrected chi connectivity index (χ2v) is 12.0.